The Balaban J connectivity index is 2.30. The molecule has 0 radical (unpaired) electrons. The monoisotopic (exact) mass is 294 g/mol. The van der Waals surface area contributed by atoms with Crippen molar-refractivity contribution in [3.8, 4) is 11.5 Å². The molecule has 0 unspecified atom stereocenters. The fraction of sp³-hybridized carbons (Fsp3) is 0.600. The van der Waals surface area contributed by atoms with Crippen LogP contribution in [0, 0.1) is 0 Å². The van der Waals surface area contributed by atoms with Crippen LogP contribution in [0.3, 0.4) is 0 Å². The lowest BCUT2D eigenvalue weighted by molar-refractivity contribution is 0.00578. The molecule has 116 valence electrons. The quantitative estimate of drug-likeness (QED) is 0.614. The molecule has 1 heterocycles. The summed E-state index contributed by atoms with van der Waals surface area (Å²) in [6, 6.07) is 5.53. The summed E-state index contributed by atoms with van der Waals surface area (Å²) in [6.45, 7) is 8.26. The normalized spacial score (nSPS) is 19.6. The van der Waals surface area contributed by atoms with Crippen LogP contribution < -0.4 is 14.9 Å². The number of ether oxygens (including phenoxy) is 3. The molecule has 6 heteroatoms. The van der Waals surface area contributed by atoms with Gasteiger partial charge in [0.1, 0.15) is 11.5 Å². The van der Waals surface area contributed by atoms with Gasteiger partial charge >= 0.3 is 7.12 Å². The van der Waals surface area contributed by atoms with Crippen molar-refractivity contribution in [2.24, 2.45) is 0 Å². The maximum absolute atomic E-state index is 6.06. The molecule has 5 nitrogen and oxygen atoms in total. The van der Waals surface area contributed by atoms with Crippen LogP contribution in [0.25, 0.3) is 0 Å². The van der Waals surface area contributed by atoms with Crippen LogP contribution in [0.2, 0.25) is 0 Å². The van der Waals surface area contributed by atoms with E-state index in [9.17, 15) is 0 Å². The molecule has 21 heavy (non-hydrogen) atoms. The lowest BCUT2D eigenvalue weighted by Crippen LogP contribution is -2.41. The van der Waals surface area contributed by atoms with Crippen LogP contribution in [0.1, 0.15) is 27.7 Å². The van der Waals surface area contributed by atoms with Crippen molar-refractivity contribution < 1.29 is 23.5 Å². The summed E-state index contributed by atoms with van der Waals surface area (Å²) in [5.41, 5.74) is 0.0164. The Morgan fingerprint density at radius 3 is 2.19 bits per heavy atom. The molecular formula is C15H23BO5. The average molecular weight is 294 g/mol. The lowest BCUT2D eigenvalue weighted by atomic mass is 9.78. The summed E-state index contributed by atoms with van der Waals surface area (Å²) in [7, 11) is 2.72. The van der Waals surface area contributed by atoms with Gasteiger partial charge in [-0.05, 0) is 45.9 Å². The van der Waals surface area contributed by atoms with Crippen molar-refractivity contribution in [1.29, 1.82) is 0 Å². The second-order valence-electron chi connectivity index (χ2n) is 6.04. The maximum atomic E-state index is 6.06. The van der Waals surface area contributed by atoms with Gasteiger partial charge in [0.25, 0.3) is 0 Å². The topological polar surface area (TPSA) is 46.2 Å². The van der Waals surface area contributed by atoms with Gasteiger partial charge in [-0.15, -0.1) is 0 Å². The SMILES string of the molecule is COCOc1ccc(OC)c(B2OC(C)(C)C(C)(C)O2)c1. The molecule has 1 fully saturated rings. The van der Waals surface area contributed by atoms with Crippen LogP contribution in [0.5, 0.6) is 11.5 Å². The molecule has 1 aromatic rings. The minimum atomic E-state index is -0.490. The Kier molecular flexibility index (Phi) is 4.51. The van der Waals surface area contributed by atoms with E-state index in [-0.39, 0.29) is 6.79 Å². The zero-order valence-electron chi connectivity index (χ0n) is 13.6. The number of benzene rings is 1. The first-order chi connectivity index (χ1) is 9.80. The largest absolute Gasteiger partial charge is 0.498 e. The smallest absolute Gasteiger partial charge is 0.497 e. The Hall–Kier alpha value is -1.24. The number of hydrogen-bond acceptors (Lipinski definition) is 5. The number of rotatable bonds is 5. The van der Waals surface area contributed by atoms with Crippen molar-refractivity contribution in [3.63, 3.8) is 0 Å². The lowest BCUT2D eigenvalue weighted by Gasteiger charge is -2.32. The first-order valence-electron chi connectivity index (χ1n) is 6.96. The molecule has 0 bridgehead atoms. The molecule has 0 saturated carbocycles. The molecular weight excluding hydrogens is 271 g/mol. The van der Waals surface area contributed by atoms with Gasteiger partial charge in [-0.25, -0.2) is 0 Å². The zero-order chi connectivity index (χ0) is 15.7. The van der Waals surface area contributed by atoms with Crippen molar-refractivity contribution in [2.45, 2.75) is 38.9 Å². The summed E-state index contributed by atoms with van der Waals surface area (Å²) in [5, 5.41) is 0. The molecule has 1 aliphatic heterocycles. The van der Waals surface area contributed by atoms with E-state index < -0.39 is 18.3 Å². The Morgan fingerprint density at radius 1 is 1.05 bits per heavy atom. The summed E-state index contributed by atoms with van der Waals surface area (Å²) >= 11 is 0. The first kappa shape index (κ1) is 16.1. The van der Waals surface area contributed by atoms with E-state index in [4.69, 9.17) is 23.5 Å². The van der Waals surface area contributed by atoms with Gasteiger partial charge in [0.2, 0.25) is 0 Å². The summed E-state index contributed by atoms with van der Waals surface area (Å²) in [5.74, 6) is 1.39. The summed E-state index contributed by atoms with van der Waals surface area (Å²) in [4.78, 5) is 0. The fourth-order valence-electron chi connectivity index (χ4n) is 2.08. The predicted octanol–water partition coefficient (Wildman–Crippen LogP) is 1.98. The molecule has 1 aliphatic rings. The van der Waals surface area contributed by atoms with E-state index >= 15 is 0 Å². The molecule has 0 N–H and O–H groups in total. The number of methoxy groups -OCH3 is 2. The summed E-state index contributed by atoms with van der Waals surface area (Å²) in [6.07, 6.45) is 0. The highest BCUT2D eigenvalue weighted by Gasteiger charge is 2.52. The van der Waals surface area contributed by atoms with E-state index in [0.29, 0.717) is 11.5 Å². The third kappa shape index (κ3) is 3.17. The summed E-state index contributed by atoms with van der Waals surface area (Å²) < 4.78 is 27.9. The third-order valence-corrected chi connectivity index (χ3v) is 4.05. The molecule has 1 saturated heterocycles. The maximum Gasteiger partial charge on any atom is 0.498 e. The minimum Gasteiger partial charge on any atom is -0.497 e. The molecule has 0 aliphatic carbocycles. The Bertz CT molecular complexity index is 485. The van der Waals surface area contributed by atoms with Gasteiger partial charge in [-0.1, -0.05) is 0 Å². The van der Waals surface area contributed by atoms with Crippen LogP contribution >= 0.6 is 0 Å². The van der Waals surface area contributed by atoms with Gasteiger partial charge < -0.3 is 23.5 Å². The van der Waals surface area contributed by atoms with E-state index in [2.05, 4.69) is 0 Å². The van der Waals surface area contributed by atoms with Crippen LogP contribution in [0.15, 0.2) is 18.2 Å². The molecule has 0 atom stereocenters. The van der Waals surface area contributed by atoms with E-state index in [0.717, 1.165) is 5.46 Å². The Morgan fingerprint density at radius 2 is 1.67 bits per heavy atom. The third-order valence-electron chi connectivity index (χ3n) is 4.05. The molecule has 0 amide bonds. The van der Waals surface area contributed by atoms with Crippen LogP contribution in [0.4, 0.5) is 0 Å². The van der Waals surface area contributed by atoms with Crippen molar-refractivity contribution in [3.05, 3.63) is 18.2 Å². The predicted molar refractivity (Wildman–Crippen MR) is 81.2 cm³/mol. The zero-order valence-corrected chi connectivity index (χ0v) is 13.6. The molecule has 1 aromatic carbocycles. The van der Waals surface area contributed by atoms with E-state index in [1.54, 1.807) is 14.2 Å². The first-order valence-corrected chi connectivity index (χ1v) is 6.96. The number of hydrogen-bond donors (Lipinski definition) is 0. The highest BCUT2D eigenvalue weighted by atomic mass is 16.7. The minimum absolute atomic E-state index is 0.190. The van der Waals surface area contributed by atoms with Gasteiger partial charge in [0.15, 0.2) is 6.79 Å². The second-order valence-corrected chi connectivity index (χ2v) is 6.04. The van der Waals surface area contributed by atoms with Gasteiger partial charge in [-0.2, -0.15) is 0 Å². The standard InChI is InChI=1S/C15H23BO5/c1-14(2)15(3,4)21-16(20-14)12-9-11(19-10-17-5)7-8-13(12)18-6/h7-9H,10H2,1-6H3. The van der Waals surface area contributed by atoms with E-state index in [1.165, 1.54) is 0 Å². The van der Waals surface area contributed by atoms with E-state index in [1.807, 2.05) is 45.9 Å². The molecule has 0 aromatic heterocycles. The average Bonchev–Trinajstić information content (AvgIpc) is 2.65. The molecule has 2 rings (SSSR count). The van der Waals surface area contributed by atoms with Gasteiger partial charge in [-0.3, -0.25) is 0 Å². The Labute approximate surface area is 126 Å². The van der Waals surface area contributed by atoms with Crippen molar-refractivity contribution >= 4 is 12.6 Å². The van der Waals surface area contributed by atoms with Crippen molar-refractivity contribution in [2.75, 3.05) is 21.0 Å². The second kappa shape index (κ2) is 5.87. The van der Waals surface area contributed by atoms with Gasteiger partial charge in [0, 0.05) is 12.6 Å². The van der Waals surface area contributed by atoms with Crippen LogP contribution in [-0.4, -0.2) is 39.3 Å². The highest BCUT2D eigenvalue weighted by Crippen LogP contribution is 2.37. The highest BCUT2D eigenvalue weighted by molar-refractivity contribution is 6.63. The van der Waals surface area contributed by atoms with Crippen LogP contribution in [-0.2, 0) is 14.0 Å². The molecule has 0 spiro atoms. The van der Waals surface area contributed by atoms with Crippen molar-refractivity contribution in [1.82, 2.24) is 0 Å². The fourth-order valence-corrected chi connectivity index (χ4v) is 2.08. The van der Waals surface area contributed by atoms with Gasteiger partial charge in [0.05, 0.1) is 18.3 Å².